The molecule has 0 atom stereocenters. The average molecular weight is 348 g/mol. The van der Waals surface area contributed by atoms with Gasteiger partial charge in [0.1, 0.15) is 23.2 Å². The summed E-state index contributed by atoms with van der Waals surface area (Å²) in [4.78, 5) is 9.57. The topological polar surface area (TPSA) is 85.2 Å². The number of imidazole rings is 1. The third-order valence-electron chi connectivity index (χ3n) is 4.64. The van der Waals surface area contributed by atoms with E-state index >= 15 is 0 Å². The van der Waals surface area contributed by atoms with Crippen LogP contribution in [0.2, 0.25) is 0 Å². The lowest BCUT2D eigenvalue weighted by Crippen LogP contribution is -2.29. The van der Waals surface area contributed by atoms with Crippen molar-refractivity contribution in [3.05, 3.63) is 65.7 Å². The van der Waals surface area contributed by atoms with E-state index in [0.717, 1.165) is 28.8 Å². The van der Waals surface area contributed by atoms with Crippen LogP contribution in [0, 0.1) is 5.41 Å². The van der Waals surface area contributed by atoms with Gasteiger partial charge in [-0.2, -0.15) is 0 Å². The molecule has 2 aromatic carbocycles. The first-order valence-corrected chi connectivity index (χ1v) is 8.50. The maximum atomic E-state index is 10.4. The number of ether oxygens (including phenoxy) is 1. The molecular weight excluding hydrogens is 328 g/mol. The Morgan fingerprint density at radius 3 is 2.69 bits per heavy atom. The lowest BCUT2D eigenvalue weighted by Gasteiger charge is -2.18. The van der Waals surface area contributed by atoms with E-state index in [1.165, 1.54) is 0 Å². The summed E-state index contributed by atoms with van der Waals surface area (Å²) in [6.07, 6.45) is 0.785. The number of aliphatic hydroxyl groups is 1. The lowest BCUT2D eigenvalue weighted by molar-refractivity contribution is 0.351. The zero-order valence-corrected chi connectivity index (χ0v) is 14.5. The number of benzene rings is 2. The van der Waals surface area contributed by atoms with Crippen molar-refractivity contribution >= 4 is 22.4 Å². The van der Waals surface area contributed by atoms with E-state index < -0.39 is 0 Å². The Morgan fingerprint density at radius 2 is 1.96 bits per heavy atom. The zero-order valence-electron chi connectivity index (χ0n) is 14.5. The molecule has 3 aromatic rings. The first-order valence-electron chi connectivity index (χ1n) is 8.50. The summed E-state index contributed by atoms with van der Waals surface area (Å²) in [6.45, 7) is 0.986. The molecule has 0 aliphatic carbocycles. The van der Waals surface area contributed by atoms with Gasteiger partial charge in [0.25, 0.3) is 0 Å². The van der Waals surface area contributed by atoms with Crippen LogP contribution in [0.3, 0.4) is 0 Å². The average Bonchev–Trinajstić information content (AvgIpc) is 3.20. The first-order chi connectivity index (χ1) is 12.7. The number of aromatic amines is 1. The Hall–Kier alpha value is -3.28. The second kappa shape index (κ2) is 6.55. The van der Waals surface area contributed by atoms with Gasteiger partial charge in [-0.15, -0.1) is 0 Å². The van der Waals surface area contributed by atoms with Crippen LogP contribution < -0.4 is 4.74 Å². The number of rotatable bonds is 5. The number of methoxy groups -OCH3 is 1. The summed E-state index contributed by atoms with van der Waals surface area (Å²) in [7, 11) is 1.65. The molecule has 4 rings (SSSR count). The number of fused-ring (bicyclic) bond motifs is 1. The lowest BCUT2D eigenvalue weighted by atomic mass is 10.1. The Morgan fingerprint density at radius 1 is 1.19 bits per heavy atom. The van der Waals surface area contributed by atoms with E-state index in [1.807, 2.05) is 53.4 Å². The highest BCUT2D eigenvalue weighted by molar-refractivity contribution is 6.23. The van der Waals surface area contributed by atoms with Crippen LogP contribution in [-0.4, -0.2) is 46.0 Å². The molecular formula is C20H20N4O2. The van der Waals surface area contributed by atoms with Gasteiger partial charge in [0.15, 0.2) is 0 Å². The van der Waals surface area contributed by atoms with Crippen molar-refractivity contribution in [3.8, 4) is 5.75 Å². The standard InChI is InChI=1S/C20H20N4O2/c1-26-14-8-6-13(7-9-14)10-11-24-12-17(25)18(19(24)21)20-22-15-4-2-3-5-16(15)23-20/h2-9,21,25H,10-12H2,1H3,(H,22,23). The molecule has 0 amide bonds. The van der Waals surface area contributed by atoms with Gasteiger partial charge in [-0.1, -0.05) is 24.3 Å². The van der Waals surface area contributed by atoms with E-state index in [-0.39, 0.29) is 5.76 Å². The minimum Gasteiger partial charge on any atom is -0.510 e. The molecule has 0 radical (unpaired) electrons. The van der Waals surface area contributed by atoms with Gasteiger partial charge in [0, 0.05) is 6.54 Å². The normalized spacial score (nSPS) is 14.5. The monoisotopic (exact) mass is 348 g/mol. The predicted molar refractivity (Wildman–Crippen MR) is 102 cm³/mol. The van der Waals surface area contributed by atoms with Gasteiger partial charge in [-0.3, -0.25) is 5.41 Å². The quantitative estimate of drug-likeness (QED) is 0.660. The molecule has 0 spiro atoms. The number of hydrogen-bond donors (Lipinski definition) is 3. The molecule has 0 fully saturated rings. The van der Waals surface area contributed by atoms with Crippen molar-refractivity contribution in [2.75, 3.05) is 20.2 Å². The summed E-state index contributed by atoms with van der Waals surface area (Å²) in [6, 6.07) is 15.6. The number of aliphatic hydroxyl groups excluding tert-OH is 1. The molecule has 1 aliphatic heterocycles. The Balaban J connectivity index is 1.48. The second-order valence-corrected chi connectivity index (χ2v) is 6.29. The summed E-state index contributed by atoms with van der Waals surface area (Å²) >= 11 is 0. The molecule has 0 bridgehead atoms. The molecule has 1 aromatic heterocycles. The molecule has 132 valence electrons. The molecule has 3 N–H and O–H groups in total. The van der Waals surface area contributed by atoms with E-state index in [9.17, 15) is 5.11 Å². The number of aromatic nitrogens is 2. The Kier molecular flexibility index (Phi) is 4.08. The van der Waals surface area contributed by atoms with Gasteiger partial charge in [-0.05, 0) is 36.2 Å². The van der Waals surface area contributed by atoms with Gasteiger partial charge in [0.05, 0.1) is 30.3 Å². The first kappa shape index (κ1) is 16.2. The highest BCUT2D eigenvalue weighted by atomic mass is 16.5. The fraction of sp³-hybridized carbons (Fsp3) is 0.200. The van der Waals surface area contributed by atoms with Crippen LogP contribution in [0.1, 0.15) is 11.4 Å². The summed E-state index contributed by atoms with van der Waals surface area (Å²) in [5.74, 6) is 1.86. The predicted octanol–water partition coefficient (Wildman–Crippen LogP) is 3.38. The number of H-pyrrole nitrogens is 1. The minimum absolute atomic E-state index is 0.184. The van der Waals surface area contributed by atoms with Gasteiger partial charge < -0.3 is 19.7 Å². The fourth-order valence-electron chi connectivity index (χ4n) is 3.20. The largest absolute Gasteiger partial charge is 0.510 e. The smallest absolute Gasteiger partial charge is 0.145 e. The van der Waals surface area contributed by atoms with Crippen molar-refractivity contribution in [1.82, 2.24) is 14.9 Å². The molecule has 2 heterocycles. The van der Waals surface area contributed by atoms with Gasteiger partial charge >= 0.3 is 0 Å². The van der Waals surface area contributed by atoms with Crippen molar-refractivity contribution in [1.29, 1.82) is 5.41 Å². The summed E-state index contributed by atoms with van der Waals surface area (Å²) in [5, 5.41) is 18.9. The van der Waals surface area contributed by atoms with Crippen molar-refractivity contribution < 1.29 is 9.84 Å². The van der Waals surface area contributed by atoms with Gasteiger partial charge in [0.2, 0.25) is 0 Å². The van der Waals surface area contributed by atoms with Crippen LogP contribution in [0.4, 0.5) is 0 Å². The number of nitrogens with one attached hydrogen (secondary N) is 2. The fourth-order valence-corrected chi connectivity index (χ4v) is 3.20. The summed E-state index contributed by atoms with van der Waals surface area (Å²) in [5.41, 5.74) is 3.37. The van der Waals surface area contributed by atoms with Crippen LogP contribution >= 0.6 is 0 Å². The number of nitrogens with zero attached hydrogens (tertiary/aromatic N) is 2. The molecule has 0 saturated carbocycles. The van der Waals surface area contributed by atoms with E-state index in [2.05, 4.69) is 9.97 Å². The maximum Gasteiger partial charge on any atom is 0.145 e. The van der Waals surface area contributed by atoms with E-state index in [0.29, 0.717) is 30.3 Å². The van der Waals surface area contributed by atoms with Crippen molar-refractivity contribution in [3.63, 3.8) is 0 Å². The highest BCUT2D eigenvalue weighted by Gasteiger charge is 2.29. The molecule has 0 saturated heterocycles. The molecule has 6 heteroatoms. The highest BCUT2D eigenvalue weighted by Crippen LogP contribution is 2.27. The Bertz CT molecular complexity index is 955. The van der Waals surface area contributed by atoms with Crippen LogP contribution in [0.25, 0.3) is 16.6 Å². The SMILES string of the molecule is COc1ccc(CCN2CC(O)=C(c3nc4ccccc4[nH]3)C2=N)cc1. The third-order valence-corrected chi connectivity index (χ3v) is 4.64. The van der Waals surface area contributed by atoms with E-state index in [1.54, 1.807) is 7.11 Å². The number of para-hydroxylation sites is 2. The van der Waals surface area contributed by atoms with Gasteiger partial charge in [-0.25, -0.2) is 4.98 Å². The van der Waals surface area contributed by atoms with E-state index in [4.69, 9.17) is 10.1 Å². The number of hydrogen-bond acceptors (Lipinski definition) is 4. The molecule has 6 nitrogen and oxygen atoms in total. The zero-order chi connectivity index (χ0) is 18.1. The number of amidine groups is 1. The van der Waals surface area contributed by atoms with Crippen molar-refractivity contribution in [2.45, 2.75) is 6.42 Å². The minimum atomic E-state index is 0.184. The molecule has 0 unspecified atom stereocenters. The van der Waals surface area contributed by atoms with Crippen LogP contribution in [0.15, 0.2) is 54.3 Å². The maximum absolute atomic E-state index is 10.4. The van der Waals surface area contributed by atoms with Crippen LogP contribution in [0.5, 0.6) is 5.75 Å². The van der Waals surface area contributed by atoms with Crippen LogP contribution in [-0.2, 0) is 6.42 Å². The molecule has 26 heavy (non-hydrogen) atoms. The molecule has 1 aliphatic rings. The second-order valence-electron chi connectivity index (χ2n) is 6.29. The Labute approximate surface area is 151 Å². The third kappa shape index (κ3) is 2.90. The van der Waals surface area contributed by atoms with Crippen molar-refractivity contribution in [2.24, 2.45) is 0 Å². The summed E-state index contributed by atoms with van der Waals surface area (Å²) < 4.78 is 5.17.